The Morgan fingerprint density at radius 3 is 0.826 bits per heavy atom. The summed E-state index contributed by atoms with van der Waals surface area (Å²) in [7, 11) is 0. The number of esters is 3. The molecule has 400 valence electrons. The van der Waals surface area contributed by atoms with E-state index < -0.39 is 6.10 Å². The molecule has 0 aliphatic carbocycles. The predicted octanol–water partition coefficient (Wildman–Crippen LogP) is 20.0. The van der Waals surface area contributed by atoms with Gasteiger partial charge in [-0.05, 0) is 89.9 Å². The van der Waals surface area contributed by atoms with E-state index in [1.54, 1.807) is 0 Å². The van der Waals surface area contributed by atoms with Crippen LogP contribution in [0.15, 0.2) is 60.8 Å². The molecule has 1 unspecified atom stereocenters. The molecule has 0 bridgehead atoms. The summed E-state index contributed by atoms with van der Waals surface area (Å²) in [5.74, 6) is -0.890. The van der Waals surface area contributed by atoms with Gasteiger partial charge >= 0.3 is 17.9 Å². The first-order valence-electron chi connectivity index (χ1n) is 29.8. The molecule has 0 fully saturated rings. The molecular weight excluding hydrogens is 853 g/mol. The third-order valence-corrected chi connectivity index (χ3v) is 13.0. The van der Waals surface area contributed by atoms with E-state index in [0.29, 0.717) is 19.3 Å². The second-order valence-electron chi connectivity index (χ2n) is 19.9. The molecule has 0 aromatic rings. The van der Waals surface area contributed by atoms with Crippen LogP contribution >= 0.6 is 0 Å². The number of ether oxygens (including phenoxy) is 3. The summed E-state index contributed by atoms with van der Waals surface area (Å²) >= 11 is 0. The highest BCUT2D eigenvalue weighted by atomic mass is 16.6. The summed E-state index contributed by atoms with van der Waals surface area (Å²) in [6.45, 7) is 6.62. The van der Waals surface area contributed by atoms with Gasteiger partial charge in [0.15, 0.2) is 6.10 Å². The molecule has 0 spiro atoms. The molecule has 0 aliphatic heterocycles. The first-order chi connectivity index (χ1) is 34.0. The Hall–Kier alpha value is -2.89. The maximum absolute atomic E-state index is 12.8. The standard InChI is InChI=1S/C63H112O6/c1-4-7-10-13-16-19-22-25-27-29-30-31-32-33-34-35-37-38-41-44-47-50-53-56-62(65)68-59-60(58-67-61(64)55-52-49-46-43-40-24-21-18-15-12-9-6-3)69-63(66)57-54-51-48-45-42-39-36-28-26-23-20-17-14-11-8-5-2/h20,22-23,25,28-30,32-33,36,60H,4-19,21,24,26-27,31,34-35,37-59H2,1-3H3/b23-20-,25-22-,30-29-,33-32-,36-28-. The minimum absolute atomic E-state index is 0.0799. The molecule has 0 radical (unpaired) electrons. The Labute approximate surface area is 428 Å². The summed E-state index contributed by atoms with van der Waals surface area (Å²) in [5, 5.41) is 0. The lowest BCUT2D eigenvalue weighted by molar-refractivity contribution is -0.167. The molecule has 0 aliphatic rings. The third-order valence-electron chi connectivity index (χ3n) is 13.0. The van der Waals surface area contributed by atoms with Gasteiger partial charge in [0.1, 0.15) is 13.2 Å². The van der Waals surface area contributed by atoms with Crippen molar-refractivity contribution in [3.05, 3.63) is 60.8 Å². The lowest BCUT2D eigenvalue weighted by Crippen LogP contribution is -2.30. The number of allylic oxidation sites excluding steroid dienone is 10. The minimum atomic E-state index is -0.783. The summed E-state index contributed by atoms with van der Waals surface area (Å²) in [6, 6.07) is 0. The third kappa shape index (κ3) is 55.9. The van der Waals surface area contributed by atoms with Crippen LogP contribution in [0, 0.1) is 0 Å². The van der Waals surface area contributed by atoms with Gasteiger partial charge in [-0.3, -0.25) is 14.4 Å². The summed E-state index contributed by atoms with van der Waals surface area (Å²) in [5.41, 5.74) is 0. The zero-order valence-corrected chi connectivity index (χ0v) is 45.8. The van der Waals surface area contributed by atoms with E-state index in [1.807, 2.05) is 0 Å². The van der Waals surface area contributed by atoms with Crippen molar-refractivity contribution >= 4 is 17.9 Å². The fourth-order valence-electron chi connectivity index (χ4n) is 8.48. The molecule has 0 heterocycles. The zero-order valence-electron chi connectivity index (χ0n) is 45.8. The highest BCUT2D eigenvalue weighted by Crippen LogP contribution is 2.16. The van der Waals surface area contributed by atoms with Gasteiger partial charge in [0.25, 0.3) is 0 Å². The van der Waals surface area contributed by atoms with Crippen LogP contribution in [-0.4, -0.2) is 37.2 Å². The van der Waals surface area contributed by atoms with Crippen LogP contribution in [0.2, 0.25) is 0 Å². The average molecular weight is 966 g/mol. The first-order valence-corrected chi connectivity index (χ1v) is 29.8. The summed E-state index contributed by atoms with van der Waals surface area (Å²) < 4.78 is 16.9. The van der Waals surface area contributed by atoms with Crippen LogP contribution in [0.1, 0.15) is 303 Å². The average Bonchev–Trinajstić information content (AvgIpc) is 3.35. The molecule has 1 atom stereocenters. The highest BCUT2D eigenvalue weighted by Gasteiger charge is 2.19. The minimum Gasteiger partial charge on any atom is -0.462 e. The lowest BCUT2D eigenvalue weighted by Gasteiger charge is -2.18. The van der Waals surface area contributed by atoms with Crippen molar-refractivity contribution in [1.82, 2.24) is 0 Å². The van der Waals surface area contributed by atoms with E-state index in [9.17, 15) is 14.4 Å². The van der Waals surface area contributed by atoms with Gasteiger partial charge in [-0.25, -0.2) is 0 Å². The number of rotatable bonds is 54. The van der Waals surface area contributed by atoms with Gasteiger partial charge < -0.3 is 14.2 Å². The van der Waals surface area contributed by atoms with Crippen LogP contribution in [0.4, 0.5) is 0 Å². The maximum atomic E-state index is 12.8. The van der Waals surface area contributed by atoms with E-state index >= 15 is 0 Å². The van der Waals surface area contributed by atoms with Gasteiger partial charge in [-0.15, -0.1) is 0 Å². The first kappa shape index (κ1) is 66.1. The molecule has 0 saturated carbocycles. The van der Waals surface area contributed by atoms with Crippen LogP contribution in [0.3, 0.4) is 0 Å². The number of hydrogen-bond acceptors (Lipinski definition) is 6. The van der Waals surface area contributed by atoms with Crippen LogP contribution in [-0.2, 0) is 28.6 Å². The molecule has 0 aromatic heterocycles. The van der Waals surface area contributed by atoms with Crippen LogP contribution in [0.5, 0.6) is 0 Å². The zero-order chi connectivity index (χ0) is 50.0. The normalized spacial score (nSPS) is 12.4. The Bertz CT molecular complexity index is 1250. The fraction of sp³-hybridized carbons (Fsp3) is 0.794. The Balaban J connectivity index is 4.33. The molecule has 0 saturated heterocycles. The van der Waals surface area contributed by atoms with Crippen molar-refractivity contribution in [2.45, 2.75) is 309 Å². The van der Waals surface area contributed by atoms with Crippen molar-refractivity contribution in [3.63, 3.8) is 0 Å². The fourth-order valence-corrected chi connectivity index (χ4v) is 8.48. The highest BCUT2D eigenvalue weighted by molar-refractivity contribution is 5.71. The molecule has 69 heavy (non-hydrogen) atoms. The van der Waals surface area contributed by atoms with Crippen molar-refractivity contribution in [2.75, 3.05) is 13.2 Å². The molecule has 6 nitrogen and oxygen atoms in total. The van der Waals surface area contributed by atoms with Crippen molar-refractivity contribution < 1.29 is 28.6 Å². The van der Waals surface area contributed by atoms with E-state index in [1.165, 1.54) is 161 Å². The number of carbonyl (C=O) groups is 3. The largest absolute Gasteiger partial charge is 0.462 e. The van der Waals surface area contributed by atoms with Crippen molar-refractivity contribution in [1.29, 1.82) is 0 Å². The second-order valence-corrected chi connectivity index (χ2v) is 19.9. The van der Waals surface area contributed by atoms with Crippen molar-refractivity contribution in [3.8, 4) is 0 Å². The quantitative estimate of drug-likeness (QED) is 0.0262. The Morgan fingerprint density at radius 2 is 0.522 bits per heavy atom. The molecular formula is C63H112O6. The smallest absolute Gasteiger partial charge is 0.306 e. The van der Waals surface area contributed by atoms with E-state index in [0.717, 1.165) is 103 Å². The van der Waals surface area contributed by atoms with Crippen molar-refractivity contribution in [2.24, 2.45) is 0 Å². The maximum Gasteiger partial charge on any atom is 0.306 e. The van der Waals surface area contributed by atoms with Gasteiger partial charge in [0.05, 0.1) is 0 Å². The number of hydrogen-bond donors (Lipinski definition) is 0. The Morgan fingerprint density at radius 1 is 0.290 bits per heavy atom. The summed E-state index contributed by atoms with van der Waals surface area (Å²) in [4.78, 5) is 38.2. The van der Waals surface area contributed by atoms with E-state index in [4.69, 9.17) is 14.2 Å². The molecule has 0 amide bonds. The van der Waals surface area contributed by atoms with Gasteiger partial charge in [-0.2, -0.15) is 0 Å². The topological polar surface area (TPSA) is 78.9 Å². The van der Waals surface area contributed by atoms with Gasteiger partial charge in [0, 0.05) is 19.3 Å². The Kier molecular flexibility index (Phi) is 55.3. The SMILES string of the molecule is CCCCCC/C=C\C/C=C\CCCCCCCC(=O)OC(COC(=O)CCCCCCCCCC/C=C\C/C=C\C/C=C\CCCCCCC)COC(=O)CCCCCCCCCCCCCC. The second kappa shape index (κ2) is 57.7. The number of unbranched alkanes of at least 4 members (excludes halogenated alkanes) is 33. The van der Waals surface area contributed by atoms with Crippen LogP contribution < -0.4 is 0 Å². The number of carbonyl (C=O) groups excluding carboxylic acids is 3. The van der Waals surface area contributed by atoms with E-state index in [2.05, 4.69) is 81.5 Å². The molecule has 0 aromatic carbocycles. The lowest BCUT2D eigenvalue weighted by atomic mass is 10.0. The monoisotopic (exact) mass is 965 g/mol. The van der Waals surface area contributed by atoms with Gasteiger partial charge in [0.2, 0.25) is 0 Å². The molecule has 0 N–H and O–H groups in total. The summed E-state index contributed by atoms with van der Waals surface area (Å²) in [6.07, 6.45) is 72.1. The van der Waals surface area contributed by atoms with E-state index in [-0.39, 0.29) is 31.1 Å². The van der Waals surface area contributed by atoms with Gasteiger partial charge in [-0.1, -0.05) is 255 Å². The van der Waals surface area contributed by atoms with Crippen LogP contribution in [0.25, 0.3) is 0 Å². The molecule has 6 heteroatoms. The molecule has 0 rings (SSSR count). The predicted molar refractivity (Wildman–Crippen MR) is 298 cm³/mol.